The maximum Gasteiger partial charge on any atom is 0.126 e. The van der Waals surface area contributed by atoms with Crippen molar-refractivity contribution in [2.75, 3.05) is 0 Å². The first kappa shape index (κ1) is 13.1. The normalized spacial score (nSPS) is 15.8. The molecule has 18 heavy (non-hydrogen) atoms. The van der Waals surface area contributed by atoms with Crippen molar-refractivity contribution in [3.05, 3.63) is 47.5 Å². The lowest BCUT2D eigenvalue weighted by atomic mass is 9.95. The molecule has 1 heteroatoms. The standard InChI is InChI=1S/C17H21F/c1-3-5-9-17(18)15-8-6-7-14(4-2)16(15)12-13-10-11-13/h4,6-9,13H,2-3,5,10-12H2,1H3/b17-9-. The molecule has 0 nitrogen and oxygen atoms in total. The SMILES string of the molecule is C=Cc1cccc(/C(F)=C/CCC)c1CC1CC1. The highest BCUT2D eigenvalue weighted by atomic mass is 19.1. The van der Waals surface area contributed by atoms with E-state index in [0.717, 1.165) is 41.9 Å². The molecule has 1 saturated carbocycles. The summed E-state index contributed by atoms with van der Waals surface area (Å²) in [6.45, 7) is 5.90. The average Bonchev–Trinajstić information content (AvgIpc) is 3.20. The third-order valence-electron chi connectivity index (χ3n) is 3.49. The fourth-order valence-electron chi connectivity index (χ4n) is 2.24. The van der Waals surface area contributed by atoms with Gasteiger partial charge in [-0.15, -0.1) is 0 Å². The predicted molar refractivity (Wildman–Crippen MR) is 77.0 cm³/mol. The summed E-state index contributed by atoms with van der Waals surface area (Å²) in [6, 6.07) is 5.84. The second kappa shape index (κ2) is 5.99. The van der Waals surface area contributed by atoms with Gasteiger partial charge in [0, 0.05) is 5.56 Å². The van der Waals surface area contributed by atoms with Crippen molar-refractivity contribution in [3.8, 4) is 0 Å². The summed E-state index contributed by atoms with van der Waals surface area (Å²) in [5.41, 5.74) is 2.99. The van der Waals surface area contributed by atoms with Gasteiger partial charge < -0.3 is 0 Å². The number of halogens is 1. The Morgan fingerprint density at radius 3 is 2.83 bits per heavy atom. The van der Waals surface area contributed by atoms with Crippen LogP contribution in [0.3, 0.4) is 0 Å². The third-order valence-corrected chi connectivity index (χ3v) is 3.49. The van der Waals surface area contributed by atoms with Crippen molar-refractivity contribution in [2.45, 2.75) is 39.0 Å². The van der Waals surface area contributed by atoms with Crippen molar-refractivity contribution < 1.29 is 4.39 Å². The number of hydrogen-bond donors (Lipinski definition) is 0. The fraction of sp³-hybridized carbons (Fsp3) is 0.412. The number of rotatable bonds is 6. The summed E-state index contributed by atoms with van der Waals surface area (Å²) in [5, 5.41) is 0. The number of benzene rings is 1. The average molecular weight is 244 g/mol. The molecule has 96 valence electrons. The molecule has 0 bridgehead atoms. The van der Waals surface area contributed by atoms with E-state index in [0.29, 0.717) is 0 Å². The van der Waals surface area contributed by atoms with Crippen molar-refractivity contribution in [3.63, 3.8) is 0 Å². The largest absolute Gasteiger partial charge is 0.207 e. The van der Waals surface area contributed by atoms with E-state index in [1.807, 2.05) is 24.3 Å². The van der Waals surface area contributed by atoms with Gasteiger partial charge in [-0.05, 0) is 48.8 Å². The first-order valence-electron chi connectivity index (χ1n) is 6.86. The Hall–Kier alpha value is -1.37. The van der Waals surface area contributed by atoms with E-state index in [1.165, 1.54) is 12.8 Å². The lowest BCUT2D eigenvalue weighted by Gasteiger charge is -2.11. The molecule has 0 radical (unpaired) electrons. The van der Waals surface area contributed by atoms with Gasteiger partial charge in [0.05, 0.1) is 0 Å². The molecule has 1 aliphatic rings. The minimum absolute atomic E-state index is 0.0730. The van der Waals surface area contributed by atoms with Gasteiger partial charge in [0.25, 0.3) is 0 Å². The van der Waals surface area contributed by atoms with Crippen LogP contribution in [-0.2, 0) is 6.42 Å². The maximum atomic E-state index is 14.2. The fourth-order valence-corrected chi connectivity index (χ4v) is 2.24. The van der Waals surface area contributed by atoms with E-state index < -0.39 is 0 Å². The third kappa shape index (κ3) is 3.10. The van der Waals surface area contributed by atoms with Gasteiger partial charge in [0.1, 0.15) is 5.83 Å². The van der Waals surface area contributed by atoms with Crippen LogP contribution in [0.2, 0.25) is 0 Å². The van der Waals surface area contributed by atoms with Crippen LogP contribution in [0.25, 0.3) is 11.9 Å². The number of allylic oxidation sites excluding steroid dienone is 1. The predicted octanol–water partition coefficient (Wildman–Crippen LogP) is 5.39. The minimum atomic E-state index is -0.0730. The van der Waals surface area contributed by atoms with Crippen molar-refractivity contribution in [2.24, 2.45) is 5.92 Å². The Kier molecular flexibility index (Phi) is 4.35. The quantitative estimate of drug-likeness (QED) is 0.629. The maximum absolute atomic E-state index is 14.2. The molecule has 0 N–H and O–H groups in total. The van der Waals surface area contributed by atoms with E-state index >= 15 is 0 Å². The van der Waals surface area contributed by atoms with Gasteiger partial charge in [-0.2, -0.15) is 0 Å². The molecule has 0 heterocycles. The van der Waals surface area contributed by atoms with Gasteiger partial charge >= 0.3 is 0 Å². The van der Waals surface area contributed by atoms with Crippen LogP contribution >= 0.6 is 0 Å². The Morgan fingerprint density at radius 1 is 1.44 bits per heavy atom. The van der Waals surface area contributed by atoms with Crippen LogP contribution in [0.15, 0.2) is 30.9 Å². The van der Waals surface area contributed by atoms with E-state index in [1.54, 1.807) is 6.08 Å². The van der Waals surface area contributed by atoms with E-state index in [4.69, 9.17) is 0 Å². The van der Waals surface area contributed by atoms with E-state index in [2.05, 4.69) is 13.5 Å². The Morgan fingerprint density at radius 2 is 2.22 bits per heavy atom. The van der Waals surface area contributed by atoms with Gasteiger partial charge in [-0.1, -0.05) is 44.2 Å². The summed E-state index contributed by atoms with van der Waals surface area (Å²) in [6.07, 6.45) is 8.88. The summed E-state index contributed by atoms with van der Waals surface area (Å²) in [5.74, 6) is 0.681. The van der Waals surface area contributed by atoms with E-state index in [-0.39, 0.29) is 5.83 Å². The number of unbranched alkanes of at least 4 members (excludes halogenated alkanes) is 1. The molecular weight excluding hydrogens is 223 g/mol. The molecule has 0 spiro atoms. The summed E-state index contributed by atoms with van der Waals surface area (Å²) in [4.78, 5) is 0. The second-order valence-corrected chi connectivity index (χ2v) is 5.07. The molecule has 0 amide bonds. The molecular formula is C17H21F. The van der Waals surface area contributed by atoms with Gasteiger partial charge in [-0.25, -0.2) is 4.39 Å². The molecule has 0 unspecified atom stereocenters. The Balaban J connectivity index is 2.34. The zero-order chi connectivity index (χ0) is 13.0. The minimum Gasteiger partial charge on any atom is -0.207 e. The first-order valence-corrected chi connectivity index (χ1v) is 6.86. The highest BCUT2D eigenvalue weighted by Crippen LogP contribution is 2.36. The lowest BCUT2D eigenvalue weighted by Crippen LogP contribution is -1.97. The molecule has 1 aromatic carbocycles. The second-order valence-electron chi connectivity index (χ2n) is 5.07. The molecule has 0 aliphatic heterocycles. The first-order chi connectivity index (χ1) is 8.76. The van der Waals surface area contributed by atoms with Crippen LogP contribution < -0.4 is 0 Å². The van der Waals surface area contributed by atoms with Crippen LogP contribution in [0, 0.1) is 5.92 Å². The van der Waals surface area contributed by atoms with Crippen molar-refractivity contribution in [1.29, 1.82) is 0 Å². The molecule has 0 aromatic heterocycles. The molecule has 2 rings (SSSR count). The highest BCUT2D eigenvalue weighted by Gasteiger charge is 2.24. The van der Waals surface area contributed by atoms with Crippen LogP contribution in [0.5, 0.6) is 0 Å². The molecule has 1 fully saturated rings. The smallest absolute Gasteiger partial charge is 0.126 e. The summed E-state index contributed by atoms with van der Waals surface area (Å²) in [7, 11) is 0. The van der Waals surface area contributed by atoms with Crippen LogP contribution in [0.1, 0.15) is 49.3 Å². The van der Waals surface area contributed by atoms with Crippen molar-refractivity contribution >= 4 is 11.9 Å². The molecule has 1 aromatic rings. The van der Waals surface area contributed by atoms with Crippen molar-refractivity contribution in [1.82, 2.24) is 0 Å². The van der Waals surface area contributed by atoms with E-state index in [9.17, 15) is 4.39 Å². The summed E-state index contributed by atoms with van der Waals surface area (Å²) >= 11 is 0. The topological polar surface area (TPSA) is 0 Å². The summed E-state index contributed by atoms with van der Waals surface area (Å²) < 4.78 is 14.2. The molecule has 0 atom stereocenters. The zero-order valence-electron chi connectivity index (χ0n) is 11.1. The van der Waals surface area contributed by atoms with Crippen LogP contribution in [-0.4, -0.2) is 0 Å². The molecule has 1 aliphatic carbocycles. The Labute approximate surface area is 109 Å². The van der Waals surface area contributed by atoms with Gasteiger partial charge in [0.15, 0.2) is 0 Å². The van der Waals surface area contributed by atoms with Crippen LogP contribution in [0.4, 0.5) is 4.39 Å². The number of hydrogen-bond acceptors (Lipinski definition) is 0. The van der Waals surface area contributed by atoms with Gasteiger partial charge in [0.2, 0.25) is 0 Å². The van der Waals surface area contributed by atoms with Gasteiger partial charge in [-0.3, -0.25) is 0 Å². The molecule has 0 saturated heterocycles. The Bertz CT molecular complexity index is 453. The lowest BCUT2D eigenvalue weighted by molar-refractivity contribution is 0.741. The highest BCUT2D eigenvalue weighted by molar-refractivity contribution is 5.68. The zero-order valence-corrected chi connectivity index (χ0v) is 11.1. The monoisotopic (exact) mass is 244 g/mol.